The topological polar surface area (TPSA) is 76.1 Å². The Balaban J connectivity index is 1.68. The van der Waals surface area contributed by atoms with Crippen molar-refractivity contribution in [2.75, 3.05) is 6.61 Å². The normalized spacial score (nSPS) is 44.1. The van der Waals surface area contributed by atoms with Crippen LogP contribution in [0.2, 0.25) is 0 Å². The Morgan fingerprint density at radius 3 is 2.59 bits per heavy atom. The predicted molar refractivity (Wildman–Crippen MR) is 99.9 cm³/mol. The number of hydrogen-bond donors (Lipinski definition) is 1. The molecule has 1 N–H and O–H groups in total. The zero-order valence-electron chi connectivity index (χ0n) is 17.1. The minimum Gasteiger partial charge on any atom is -0.458 e. The molecule has 4 aliphatic rings. The molecule has 0 aromatic rings. The van der Waals surface area contributed by atoms with Gasteiger partial charge in [0.1, 0.15) is 12.2 Å². The molecular formula is C22H32O5. The van der Waals surface area contributed by atoms with Crippen molar-refractivity contribution >= 4 is 11.8 Å². The van der Waals surface area contributed by atoms with E-state index in [9.17, 15) is 14.7 Å². The molecule has 2 heterocycles. The van der Waals surface area contributed by atoms with Crippen LogP contribution in [0.4, 0.5) is 0 Å². The van der Waals surface area contributed by atoms with E-state index in [0.717, 1.165) is 17.6 Å². The van der Waals surface area contributed by atoms with Crippen molar-refractivity contribution in [1.82, 2.24) is 0 Å². The second-order valence-electron chi connectivity index (χ2n) is 9.62. The third-order valence-corrected chi connectivity index (χ3v) is 8.32. The molecule has 4 unspecified atom stereocenters. The number of epoxide rings is 1. The zero-order valence-corrected chi connectivity index (χ0v) is 17.1. The molecule has 150 valence electrons. The molecule has 2 aliphatic carbocycles. The Labute approximate surface area is 161 Å². The van der Waals surface area contributed by atoms with Gasteiger partial charge in [0.25, 0.3) is 0 Å². The highest BCUT2D eigenvalue weighted by atomic mass is 16.6. The average Bonchev–Trinajstić information content (AvgIpc) is 3.27. The summed E-state index contributed by atoms with van der Waals surface area (Å²) in [5.41, 5.74) is -0.499. The van der Waals surface area contributed by atoms with Gasteiger partial charge in [0.05, 0.1) is 6.10 Å². The summed E-state index contributed by atoms with van der Waals surface area (Å²) in [5.74, 6) is -0.298. The van der Waals surface area contributed by atoms with Gasteiger partial charge in [-0.25, -0.2) is 4.79 Å². The van der Waals surface area contributed by atoms with E-state index in [0.29, 0.717) is 32.3 Å². The van der Waals surface area contributed by atoms with Crippen molar-refractivity contribution in [1.29, 1.82) is 0 Å². The number of rotatable bonds is 4. The number of carbonyl (C=O) groups excluding carboxylic acids is 2. The van der Waals surface area contributed by atoms with Crippen molar-refractivity contribution in [3.8, 4) is 0 Å². The van der Waals surface area contributed by atoms with Crippen molar-refractivity contribution in [2.45, 2.75) is 84.0 Å². The van der Waals surface area contributed by atoms with E-state index in [4.69, 9.17) is 9.47 Å². The van der Waals surface area contributed by atoms with Gasteiger partial charge in [0.15, 0.2) is 11.4 Å². The summed E-state index contributed by atoms with van der Waals surface area (Å²) in [4.78, 5) is 25.5. The first kappa shape index (κ1) is 19.1. The molecule has 27 heavy (non-hydrogen) atoms. The van der Waals surface area contributed by atoms with Crippen LogP contribution in [0.3, 0.4) is 0 Å². The molecule has 6 atom stereocenters. The number of ketones is 1. The molecule has 0 aromatic heterocycles. The molecule has 5 nitrogen and oxygen atoms in total. The van der Waals surface area contributed by atoms with Crippen LogP contribution in [0.1, 0.15) is 66.7 Å². The highest BCUT2D eigenvalue weighted by molar-refractivity contribution is 5.94. The standard InChI is InChI=1S/C22H32O5/c1-6-13-15(11-26-19(13)24)14-8-9-21(25)18(23)16(20(4,5)7-2)10-17-22(21,27-17)12(14)3/h12,14,16-17,25H,6-11H2,1-5H3/t12?,14?,16?,17?,21-,22+/m1/s1. The number of ether oxygens (including phenoxy) is 2. The summed E-state index contributed by atoms with van der Waals surface area (Å²) in [7, 11) is 0. The lowest BCUT2D eigenvalue weighted by atomic mass is 9.52. The quantitative estimate of drug-likeness (QED) is 0.602. The number of esters is 1. The summed E-state index contributed by atoms with van der Waals surface area (Å²) in [6, 6.07) is 0. The van der Waals surface area contributed by atoms with Crippen molar-refractivity contribution in [2.24, 2.45) is 23.2 Å². The molecule has 2 aliphatic heterocycles. The summed E-state index contributed by atoms with van der Waals surface area (Å²) in [6.07, 6.45) is 3.26. The molecule has 0 bridgehead atoms. The van der Waals surface area contributed by atoms with Crippen LogP contribution >= 0.6 is 0 Å². The van der Waals surface area contributed by atoms with Gasteiger partial charge in [-0.15, -0.1) is 0 Å². The van der Waals surface area contributed by atoms with Crippen LogP contribution in [0, 0.1) is 23.2 Å². The first-order valence-electron chi connectivity index (χ1n) is 10.5. The van der Waals surface area contributed by atoms with E-state index in [-0.39, 0.29) is 41.0 Å². The van der Waals surface area contributed by atoms with Crippen LogP contribution < -0.4 is 0 Å². The van der Waals surface area contributed by atoms with Crippen LogP contribution in [-0.2, 0) is 19.1 Å². The van der Waals surface area contributed by atoms with Crippen LogP contribution in [0.15, 0.2) is 11.1 Å². The Morgan fingerprint density at radius 2 is 1.96 bits per heavy atom. The third-order valence-electron chi connectivity index (χ3n) is 8.32. The summed E-state index contributed by atoms with van der Waals surface area (Å²) in [6.45, 7) is 10.7. The molecular weight excluding hydrogens is 344 g/mol. The van der Waals surface area contributed by atoms with E-state index < -0.39 is 11.2 Å². The molecule has 1 saturated heterocycles. The SMILES string of the molecule is CCC1=C(C2CC[C@@]3(O)C(=O)C(C(C)(C)CC)CC4O[C@@]43C2C)COC1=O. The average molecular weight is 376 g/mol. The van der Waals surface area contributed by atoms with Gasteiger partial charge < -0.3 is 14.6 Å². The molecule has 0 amide bonds. The lowest BCUT2D eigenvalue weighted by Crippen LogP contribution is -2.66. The fourth-order valence-corrected chi connectivity index (χ4v) is 6.15. The lowest BCUT2D eigenvalue weighted by Gasteiger charge is -2.51. The fourth-order valence-electron chi connectivity index (χ4n) is 6.15. The number of carbonyl (C=O) groups is 2. The molecule has 0 radical (unpaired) electrons. The fraction of sp³-hybridized carbons (Fsp3) is 0.818. The summed E-state index contributed by atoms with van der Waals surface area (Å²) in [5, 5.41) is 11.6. The molecule has 0 aromatic carbocycles. The highest BCUT2D eigenvalue weighted by Gasteiger charge is 2.80. The maximum Gasteiger partial charge on any atom is 0.334 e. The second-order valence-corrected chi connectivity index (χ2v) is 9.62. The highest BCUT2D eigenvalue weighted by Crippen LogP contribution is 2.66. The Kier molecular flexibility index (Phi) is 4.18. The van der Waals surface area contributed by atoms with E-state index in [1.165, 1.54) is 0 Å². The molecule has 2 saturated carbocycles. The van der Waals surface area contributed by atoms with Crippen molar-refractivity contribution < 1.29 is 24.2 Å². The Bertz CT molecular complexity index is 722. The minimum absolute atomic E-state index is 0.0121. The molecule has 3 fully saturated rings. The van der Waals surface area contributed by atoms with Gasteiger partial charge in [0.2, 0.25) is 0 Å². The number of cyclic esters (lactones) is 1. The largest absolute Gasteiger partial charge is 0.458 e. The van der Waals surface area contributed by atoms with Crippen molar-refractivity contribution in [3.63, 3.8) is 0 Å². The smallest absolute Gasteiger partial charge is 0.334 e. The van der Waals surface area contributed by atoms with E-state index in [2.05, 4.69) is 27.7 Å². The van der Waals surface area contributed by atoms with Gasteiger partial charge >= 0.3 is 5.97 Å². The maximum atomic E-state index is 13.4. The first-order valence-corrected chi connectivity index (χ1v) is 10.5. The Morgan fingerprint density at radius 1 is 1.26 bits per heavy atom. The Hall–Kier alpha value is -1.20. The summed E-state index contributed by atoms with van der Waals surface area (Å²) < 4.78 is 11.5. The van der Waals surface area contributed by atoms with Gasteiger partial charge in [-0.3, -0.25) is 4.79 Å². The van der Waals surface area contributed by atoms with Gasteiger partial charge in [-0.1, -0.05) is 41.0 Å². The van der Waals surface area contributed by atoms with Crippen LogP contribution in [-0.4, -0.2) is 40.8 Å². The van der Waals surface area contributed by atoms with Gasteiger partial charge in [-0.05, 0) is 48.5 Å². The van der Waals surface area contributed by atoms with Crippen LogP contribution in [0.5, 0.6) is 0 Å². The van der Waals surface area contributed by atoms with Gasteiger partial charge in [0, 0.05) is 11.5 Å². The van der Waals surface area contributed by atoms with E-state index in [1.807, 2.05) is 6.92 Å². The number of Topliss-reactive ketones (excluding diaryl/α,β-unsaturated/α-hetero) is 1. The van der Waals surface area contributed by atoms with Gasteiger partial charge in [-0.2, -0.15) is 0 Å². The molecule has 4 rings (SSSR count). The summed E-state index contributed by atoms with van der Waals surface area (Å²) >= 11 is 0. The predicted octanol–water partition coefficient (Wildman–Crippen LogP) is 3.19. The lowest BCUT2D eigenvalue weighted by molar-refractivity contribution is -0.168. The minimum atomic E-state index is -1.40. The molecule has 5 heteroatoms. The zero-order chi connectivity index (χ0) is 19.8. The van der Waals surface area contributed by atoms with Crippen LogP contribution in [0.25, 0.3) is 0 Å². The van der Waals surface area contributed by atoms with E-state index in [1.54, 1.807) is 0 Å². The van der Waals surface area contributed by atoms with Crippen molar-refractivity contribution in [3.05, 3.63) is 11.1 Å². The number of hydrogen-bond acceptors (Lipinski definition) is 5. The maximum absolute atomic E-state index is 13.4. The van der Waals surface area contributed by atoms with E-state index >= 15 is 0 Å². The number of aliphatic hydroxyl groups is 1. The second kappa shape index (κ2) is 5.90. The third kappa shape index (κ3) is 2.30. The monoisotopic (exact) mass is 376 g/mol. The first-order chi connectivity index (χ1) is 12.6. The molecule has 1 spiro atoms.